The highest BCUT2D eigenvalue weighted by Gasteiger charge is 1.94. The maximum atomic E-state index is 5.51. The molecule has 0 fully saturated rings. The van der Waals surface area contributed by atoms with Crippen LogP contribution in [-0.4, -0.2) is 5.88 Å². The first kappa shape index (κ1) is 10.3. The molecule has 0 N–H and O–H groups in total. The quantitative estimate of drug-likeness (QED) is 0.707. The molecule has 0 unspecified atom stereocenters. The fourth-order valence-corrected chi connectivity index (χ4v) is 1.53. The van der Waals surface area contributed by atoms with Crippen LogP contribution in [0.25, 0.3) is 6.08 Å². The summed E-state index contributed by atoms with van der Waals surface area (Å²) in [7, 11) is 0. The van der Waals surface area contributed by atoms with Crippen molar-refractivity contribution in [1.82, 2.24) is 0 Å². The zero-order valence-electron chi connectivity index (χ0n) is 6.23. The highest BCUT2D eigenvalue weighted by Crippen LogP contribution is 2.24. The van der Waals surface area contributed by atoms with Crippen LogP contribution in [-0.2, 0) is 0 Å². The van der Waals surface area contributed by atoms with Crippen molar-refractivity contribution in [2.24, 2.45) is 0 Å². The Morgan fingerprint density at radius 3 is 2.58 bits per heavy atom. The third-order valence-electron chi connectivity index (χ3n) is 1.34. The van der Waals surface area contributed by atoms with Crippen LogP contribution in [0, 0.1) is 0 Å². The van der Waals surface area contributed by atoms with Gasteiger partial charge < -0.3 is 0 Å². The zero-order chi connectivity index (χ0) is 8.97. The van der Waals surface area contributed by atoms with Crippen molar-refractivity contribution in [3.63, 3.8) is 0 Å². The van der Waals surface area contributed by atoms with Crippen LogP contribution < -0.4 is 0 Å². The fraction of sp³-hybridized carbons (Fsp3) is 0.111. The molecule has 0 aliphatic carbocycles. The summed E-state index contributed by atoms with van der Waals surface area (Å²) in [4.78, 5) is 0. The third kappa shape index (κ3) is 2.92. The van der Waals surface area contributed by atoms with E-state index in [4.69, 9.17) is 11.6 Å². The lowest BCUT2D eigenvalue weighted by Crippen LogP contribution is -1.74. The lowest BCUT2D eigenvalue weighted by atomic mass is 10.2. The number of hydrogen-bond acceptors (Lipinski definition) is 0. The highest BCUT2D eigenvalue weighted by molar-refractivity contribution is 9.13. The van der Waals surface area contributed by atoms with Crippen LogP contribution in [0.15, 0.2) is 33.2 Å². The van der Waals surface area contributed by atoms with E-state index in [0.717, 1.165) is 14.5 Å². The number of benzene rings is 1. The molecule has 0 bridgehead atoms. The summed E-state index contributed by atoms with van der Waals surface area (Å²) in [6.45, 7) is 0. The van der Waals surface area contributed by atoms with Crippen LogP contribution >= 0.6 is 43.5 Å². The Balaban J connectivity index is 2.89. The Hall–Kier alpha value is 0.210. The molecule has 0 heterocycles. The van der Waals surface area contributed by atoms with Gasteiger partial charge in [0.05, 0.1) is 0 Å². The smallest absolute Gasteiger partial charge is 0.0407 e. The Morgan fingerprint density at radius 2 is 2.00 bits per heavy atom. The van der Waals surface area contributed by atoms with Gasteiger partial charge in [-0.05, 0) is 49.6 Å². The van der Waals surface area contributed by atoms with Gasteiger partial charge >= 0.3 is 0 Å². The molecule has 0 saturated carbocycles. The Kier molecular flexibility index (Phi) is 4.33. The average molecular weight is 310 g/mol. The first-order valence-corrected chi connectivity index (χ1v) is 5.53. The molecule has 0 aromatic heterocycles. The molecule has 0 atom stereocenters. The van der Waals surface area contributed by atoms with Crippen LogP contribution in [0.1, 0.15) is 5.56 Å². The van der Waals surface area contributed by atoms with E-state index in [2.05, 4.69) is 31.9 Å². The van der Waals surface area contributed by atoms with E-state index in [-0.39, 0.29) is 0 Å². The molecule has 0 saturated heterocycles. The molecule has 0 radical (unpaired) electrons. The monoisotopic (exact) mass is 308 g/mol. The average Bonchev–Trinajstić information content (AvgIpc) is 2.07. The fourth-order valence-electron chi connectivity index (χ4n) is 0.797. The van der Waals surface area contributed by atoms with Crippen molar-refractivity contribution < 1.29 is 0 Å². The summed E-state index contributed by atoms with van der Waals surface area (Å²) in [5, 5.41) is 0. The van der Waals surface area contributed by atoms with Gasteiger partial charge in [-0.15, -0.1) is 11.6 Å². The number of rotatable bonds is 2. The summed E-state index contributed by atoms with van der Waals surface area (Å²) in [6, 6.07) is 6.06. The van der Waals surface area contributed by atoms with Gasteiger partial charge in [0.1, 0.15) is 0 Å². The van der Waals surface area contributed by atoms with E-state index >= 15 is 0 Å². The van der Waals surface area contributed by atoms with E-state index in [9.17, 15) is 0 Å². The van der Waals surface area contributed by atoms with E-state index in [1.54, 1.807) is 0 Å². The molecule has 12 heavy (non-hydrogen) atoms. The number of allylic oxidation sites excluding steroid dienone is 1. The molecule has 1 rings (SSSR count). The first-order valence-electron chi connectivity index (χ1n) is 3.41. The predicted octanol–water partition coefficient (Wildman–Crippen LogP) is 4.46. The molecule has 0 spiro atoms. The Bertz CT molecular complexity index is 295. The first-order chi connectivity index (χ1) is 5.74. The lowest BCUT2D eigenvalue weighted by molar-refractivity contribution is 1.55. The molecule has 0 aliphatic rings. The van der Waals surface area contributed by atoms with Crippen molar-refractivity contribution >= 4 is 49.5 Å². The van der Waals surface area contributed by atoms with E-state index in [1.165, 1.54) is 0 Å². The summed E-state index contributed by atoms with van der Waals surface area (Å²) in [5.41, 5.74) is 1.14. The molecule has 64 valence electrons. The minimum atomic E-state index is 0.549. The van der Waals surface area contributed by atoms with Crippen molar-refractivity contribution in [2.45, 2.75) is 0 Å². The maximum absolute atomic E-state index is 5.51. The molecule has 3 heteroatoms. The molecule has 0 aliphatic heterocycles. The summed E-state index contributed by atoms with van der Waals surface area (Å²) < 4.78 is 2.12. The third-order valence-corrected chi connectivity index (χ3v) is 3.40. The van der Waals surface area contributed by atoms with E-state index < -0.39 is 0 Å². The minimum Gasteiger partial charge on any atom is -0.122 e. The second-order valence-electron chi connectivity index (χ2n) is 2.23. The second kappa shape index (κ2) is 5.05. The van der Waals surface area contributed by atoms with Gasteiger partial charge in [0, 0.05) is 14.8 Å². The van der Waals surface area contributed by atoms with Gasteiger partial charge in [-0.2, -0.15) is 0 Å². The molecular weight excluding hydrogens is 303 g/mol. The van der Waals surface area contributed by atoms with Crippen molar-refractivity contribution in [1.29, 1.82) is 0 Å². The largest absolute Gasteiger partial charge is 0.122 e. The zero-order valence-corrected chi connectivity index (χ0v) is 10.2. The Labute approximate surface area is 93.9 Å². The number of alkyl halides is 1. The van der Waals surface area contributed by atoms with Crippen LogP contribution in [0.4, 0.5) is 0 Å². The van der Waals surface area contributed by atoms with Crippen LogP contribution in [0.3, 0.4) is 0 Å². The van der Waals surface area contributed by atoms with Crippen molar-refractivity contribution in [2.75, 3.05) is 5.88 Å². The molecule has 1 aromatic carbocycles. The van der Waals surface area contributed by atoms with Gasteiger partial charge in [0.2, 0.25) is 0 Å². The molecule has 1 aromatic rings. The van der Waals surface area contributed by atoms with Gasteiger partial charge in [0.15, 0.2) is 0 Å². The minimum absolute atomic E-state index is 0.549. The normalized spacial score (nSPS) is 10.9. The molecule has 0 amide bonds. The van der Waals surface area contributed by atoms with E-state index in [0.29, 0.717) is 5.88 Å². The van der Waals surface area contributed by atoms with Gasteiger partial charge in [-0.3, -0.25) is 0 Å². The van der Waals surface area contributed by atoms with Crippen molar-refractivity contribution in [3.8, 4) is 0 Å². The van der Waals surface area contributed by atoms with Crippen molar-refractivity contribution in [3.05, 3.63) is 38.8 Å². The van der Waals surface area contributed by atoms with Gasteiger partial charge in [0.25, 0.3) is 0 Å². The topological polar surface area (TPSA) is 0 Å². The standard InChI is InChI=1S/C9H7Br2Cl/c10-8-4-3-7(2-1-5-12)6-9(8)11/h1-4,6H,5H2/b2-1+. The highest BCUT2D eigenvalue weighted by atomic mass is 79.9. The second-order valence-corrected chi connectivity index (χ2v) is 4.25. The lowest BCUT2D eigenvalue weighted by Gasteiger charge is -1.97. The summed E-state index contributed by atoms with van der Waals surface area (Å²) in [6.07, 6.45) is 3.90. The van der Waals surface area contributed by atoms with Gasteiger partial charge in [-0.25, -0.2) is 0 Å². The number of hydrogen-bond donors (Lipinski definition) is 0. The summed E-state index contributed by atoms with van der Waals surface area (Å²) >= 11 is 12.3. The van der Waals surface area contributed by atoms with Crippen LogP contribution in [0.5, 0.6) is 0 Å². The number of halogens is 3. The molecular formula is C9H7Br2Cl. The molecule has 0 nitrogen and oxygen atoms in total. The van der Waals surface area contributed by atoms with Gasteiger partial charge in [-0.1, -0.05) is 18.2 Å². The SMILES string of the molecule is ClC/C=C/c1ccc(Br)c(Br)c1. The van der Waals surface area contributed by atoms with E-state index in [1.807, 2.05) is 30.4 Å². The Morgan fingerprint density at radius 1 is 1.25 bits per heavy atom. The summed E-state index contributed by atoms with van der Waals surface area (Å²) in [5.74, 6) is 0.549. The predicted molar refractivity (Wildman–Crippen MR) is 61.6 cm³/mol. The maximum Gasteiger partial charge on any atom is 0.0407 e. The van der Waals surface area contributed by atoms with Crippen LogP contribution in [0.2, 0.25) is 0 Å².